The Hall–Kier alpha value is -3.41. The minimum atomic E-state index is -0.439. The number of aromatic nitrogens is 2. The highest BCUT2D eigenvalue weighted by Crippen LogP contribution is 2.21. The fourth-order valence-corrected chi connectivity index (χ4v) is 2.63. The van der Waals surface area contributed by atoms with E-state index in [0.29, 0.717) is 34.4 Å². The second kappa shape index (κ2) is 7.86. The normalized spacial score (nSPS) is 11.7. The first-order valence-electron chi connectivity index (χ1n) is 8.42. The first kappa shape index (κ1) is 18.4. The number of aryl methyl sites for hydroxylation is 1. The molecule has 0 aliphatic rings. The molecule has 0 aliphatic heterocycles. The number of aldehydes is 1. The lowest BCUT2D eigenvalue weighted by molar-refractivity contribution is 0.0939. The molecule has 0 fully saturated rings. The number of carbonyl (C=O) groups excluding carboxylic acids is 2. The molecule has 2 aromatic heterocycles. The Bertz CT molecular complexity index is 970. The molecule has 5 nitrogen and oxygen atoms in total. The van der Waals surface area contributed by atoms with Crippen molar-refractivity contribution in [2.75, 3.05) is 0 Å². The maximum Gasteiger partial charge on any atom is 0.251 e. The molecule has 3 aromatic rings. The maximum atomic E-state index is 13.0. The SMILES string of the molecule is Cc1ccc(-c2cc(C=O)cc(C(=O)N[C@H](C)c3ccc(F)cn3)c2)nc1. The van der Waals surface area contributed by atoms with E-state index in [1.807, 2.05) is 19.1 Å². The van der Waals surface area contributed by atoms with Gasteiger partial charge in [-0.05, 0) is 55.8 Å². The summed E-state index contributed by atoms with van der Waals surface area (Å²) in [7, 11) is 0. The molecule has 0 radical (unpaired) electrons. The summed E-state index contributed by atoms with van der Waals surface area (Å²) in [6.45, 7) is 3.69. The molecule has 1 N–H and O–H groups in total. The predicted octanol–water partition coefficient (Wildman–Crippen LogP) is 3.89. The second-order valence-corrected chi connectivity index (χ2v) is 6.28. The van der Waals surface area contributed by atoms with Crippen LogP contribution >= 0.6 is 0 Å². The molecule has 27 heavy (non-hydrogen) atoms. The topological polar surface area (TPSA) is 72.0 Å². The number of rotatable bonds is 5. The van der Waals surface area contributed by atoms with Crippen molar-refractivity contribution in [2.24, 2.45) is 0 Å². The van der Waals surface area contributed by atoms with Crippen molar-refractivity contribution in [3.05, 3.63) is 83.1 Å². The van der Waals surface area contributed by atoms with Crippen LogP contribution in [0.5, 0.6) is 0 Å². The zero-order valence-corrected chi connectivity index (χ0v) is 14.9. The van der Waals surface area contributed by atoms with Gasteiger partial charge < -0.3 is 5.32 Å². The van der Waals surface area contributed by atoms with Gasteiger partial charge in [0.05, 0.1) is 23.6 Å². The molecule has 0 bridgehead atoms. The van der Waals surface area contributed by atoms with Gasteiger partial charge in [0.15, 0.2) is 0 Å². The fourth-order valence-electron chi connectivity index (χ4n) is 2.63. The Labute approximate surface area is 156 Å². The van der Waals surface area contributed by atoms with Gasteiger partial charge in [-0.2, -0.15) is 0 Å². The Morgan fingerprint density at radius 1 is 1.11 bits per heavy atom. The van der Waals surface area contributed by atoms with Crippen LogP contribution in [0, 0.1) is 12.7 Å². The number of nitrogens with zero attached hydrogens (tertiary/aromatic N) is 2. The van der Waals surface area contributed by atoms with E-state index < -0.39 is 11.9 Å². The van der Waals surface area contributed by atoms with E-state index in [-0.39, 0.29) is 5.91 Å². The molecule has 0 saturated carbocycles. The molecule has 3 rings (SSSR count). The molecule has 1 aromatic carbocycles. The minimum Gasteiger partial charge on any atom is -0.344 e. The lowest BCUT2D eigenvalue weighted by Gasteiger charge is -2.14. The molecule has 1 atom stereocenters. The van der Waals surface area contributed by atoms with Gasteiger partial charge in [-0.15, -0.1) is 0 Å². The summed E-state index contributed by atoms with van der Waals surface area (Å²) in [5.41, 5.74) is 3.63. The monoisotopic (exact) mass is 363 g/mol. The number of benzene rings is 1. The van der Waals surface area contributed by atoms with Crippen LogP contribution in [-0.4, -0.2) is 22.2 Å². The van der Waals surface area contributed by atoms with Crippen LogP contribution in [0.1, 0.15) is 44.9 Å². The largest absolute Gasteiger partial charge is 0.344 e. The van der Waals surface area contributed by atoms with Crippen molar-refractivity contribution in [1.29, 1.82) is 0 Å². The number of amides is 1. The van der Waals surface area contributed by atoms with Crippen LogP contribution in [-0.2, 0) is 0 Å². The Balaban J connectivity index is 1.87. The number of hydrogen-bond acceptors (Lipinski definition) is 4. The van der Waals surface area contributed by atoms with Crippen LogP contribution in [0.3, 0.4) is 0 Å². The zero-order valence-electron chi connectivity index (χ0n) is 14.9. The summed E-state index contributed by atoms with van der Waals surface area (Å²) in [6.07, 6.45) is 3.52. The van der Waals surface area contributed by atoms with Gasteiger partial charge in [0.2, 0.25) is 0 Å². The van der Waals surface area contributed by atoms with Crippen LogP contribution in [0.15, 0.2) is 54.9 Å². The van der Waals surface area contributed by atoms with Gasteiger partial charge in [0.1, 0.15) is 12.1 Å². The maximum absolute atomic E-state index is 13.0. The molecule has 0 aliphatic carbocycles. The molecule has 0 unspecified atom stereocenters. The van der Waals surface area contributed by atoms with Gasteiger partial charge in [0.25, 0.3) is 5.91 Å². The van der Waals surface area contributed by atoms with E-state index in [9.17, 15) is 14.0 Å². The van der Waals surface area contributed by atoms with Crippen molar-refractivity contribution in [2.45, 2.75) is 19.9 Å². The second-order valence-electron chi connectivity index (χ2n) is 6.28. The van der Waals surface area contributed by atoms with Crippen molar-refractivity contribution < 1.29 is 14.0 Å². The summed E-state index contributed by atoms with van der Waals surface area (Å²) in [6, 6.07) is 11.0. The van der Waals surface area contributed by atoms with Crippen molar-refractivity contribution in [3.63, 3.8) is 0 Å². The molecule has 0 spiro atoms. The number of hydrogen-bond donors (Lipinski definition) is 1. The van der Waals surface area contributed by atoms with Crippen LogP contribution in [0.25, 0.3) is 11.3 Å². The quantitative estimate of drug-likeness (QED) is 0.698. The molecule has 1 amide bonds. The van der Waals surface area contributed by atoms with Crippen molar-refractivity contribution in [1.82, 2.24) is 15.3 Å². The van der Waals surface area contributed by atoms with E-state index in [4.69, 9.17) is 0 Å². The van der Waals surface area contributed by atoms with Gasteiger partial charge in [-0.3, -0.25) is 19.6 Å². The van der Waals surface area contributed by atoms with E-state index in [0.717, 1.165) is 11.8 Å². The highest BCUT2D eigenvalue weighted by molar-refractivity contribution is 5.97. The van der Waals surface area contributed by atoms with Gasteiger partial charge in [-0.25, -0.2) is 4.39 Å². The summed E-state index contributed by atoms with van der Waals surface area (Å²) in [4.78, 5) is 32.3. The average molecular weight is 363 g/mol. The summed E-state index contributed by atoms with van der Waals surface area (Å²) >= 11 is 0. The Morgan fingerprint density at radius 3 is 2.56 bits per heavy atom. The van der Waals surface area contributed by atoms with E-state index >= 15 is 0 Å². The summed E-state index contributed by atoms with van der Waals surface area (Å²) in [5, 5.41) is 2.81. The first-order valence-corrected chi connectivity index (χ1v) is 8.42. The van der Waals surface area contributed by atoms with Crippen LogP contribution in [0.2, 0.25) is 0 Å². The number of pyridine rings is 2. The van der Waals surface area contributed by atoms with E-state index in [2.05, 4.69) is 15.3 Å². The number of halogens is 1. The highest BCUT2D eigenvalue weighted by atomic mass is 19.1. The van der Waals surface area contributed by atoms with Crippen LogP contribution < -0.4 is 5.32 Å². The van der Waals surface area contributed by atoms with E-state index in [1.54, 1.807) is 25.3 Å². The lowest BCUT2D eigenvalue weighted by Crippen LogP contribution is -2.27. The van der Waals surface area contributed by atoms with Gasteiger partial charge in [-0.1, -0.05) is 6.07 Å². The highest BCUT2D eigenvalue weighted by Gasteiger charge is 2.15. The average Bonchev–Trinajstić information content (AvgIpc) is 2.68. The third-order valence-electron chi connectivity index (χ3n) is 4.10. The molecule has 136 valence electrons. The number of nitrogens with one attached hydrogen (secondary N) is 1. The van der Waals surface area contributed by atoms with Gasteiger partial charge in [0, 0.05) is 22.9 Å². The number of carbonyl (C=O) groups is 2. The molecule has 0 saturated heterocycles. The van der Waals surface area contributed by atoms with E-state index in [1.165, 1.54) is 18.2 Å². The fraction of sp³-hybridized carbons (Fsp3) is 0.143. The first-order chi connectivity index (χ1) is 13.0. The smallest absolute Gasteiger partial charge is 0.251 e. The molecule has 2 heterocycles. The molecular weight excluding hydrogens is 345 g/mol. The molecule has 6 heteroatoms. The van der Waals surface area contributed by atoms with Crippen molar-refractivity contribution >= 4 is 12.2 Å². The third kappa shape index (κ3) is 4.41. The third-order valence-corrected chi connectivity index (χ3v) is 4.10. The minimum absolute atomic E-state index is 0.339. The summed E-state index contributed by atoms with van der Waals surface area (Å²) in [5.74, 6) is -0.795. The van der Waals surface area contributed by atoms with Gasteiger partial charge >= 0.3 is 0 Å². The van der Waals surface area contributed by atoms with Crippen molar-refractivity contribution in [3.8, 4) is 11.3 Å². The predicted molar refractivity (Wildman–Crippen MR) is 99.9 cm³/mol. The lowest BCUT2D eigenvalue weighted by atomic mass is 10.0. The molecular formula is C21H18FN3O2. The zero-order chi connectivity index (χ0) is 19.4. The standard InChI is InChI=1S/C21H18FN3O2/c1-13-3-5-20(23-10-13)16-7-15(12-26)8-17(9-16)21(27)25-14(2)19-6-4-18(22)11-24-19/h3-12,14H,1-2H3,(H,25,27)/t14-/m1/s1. The Kier molecular flexibility index (Phi) is 5.35. The Morgan fingerprint density at radius 2 is 1.93 bits per heavy atom. The summed E-state index contributed by atoms with van der Waals surface area (Å²) < 4.78 is 13.0. The van der Waals surface area contributed by atoms with Crippen LogP contribution in [0.4, 0.5) is 4.39 Å².